The topological polar surface area (TPSA) is 98.9 Å². The van der Waals surface area contributed by atoms with Crippen molar-refractivity contribution in [1.82, 2.24) is 0 Å². The van der Waals surface area contributed by atoms with Crippen LogP contribution in [0, 0.1) is 6.92 Å². The standard InChI is InChI=1S/C31H38N2O5/c1-5-37-27(35)24-26(32)38-22-12-10-11-21(34)23(22)31(24)20-16-18(2)15-19-25(20)33(28(31)36)30(17-29(19,3)4)13-8-6-7-9-14-30/h15-16H,5-14,17,32H2,1-4H3/t31-/m1/s1. The lowest BCUT2D eigenvalue weighted by Crippen LogP contribution is -2.60. The van der Waals surface area contributed by atoms with Crippen LogP contribution in [0.25, 0.3) is 0 Å². The Kier molecular flexibility index (Phi) is 5.61. The minimum absolute atomic E-state index is 0.0397. The third-order valence-electron chi connectivity index (χ3n) is 9.49. The molecule has 2 aliphatic carbocycles. The van der Waals surface area contributed by atoms with Crippen molar-refractivity contribution in [2.45, 2.75) is 108 Å². The molecule has 0 bridgehead atoms. The first kappa shape index (κ1) is 25.2. The summed E-state index contributed by atoms with van der Waals surface area (Å²) in [5.74, 6) is -0.807. The zero-order valence-electron chi connectivity index (χ0n) is 23.0. The number of ketones is 1. The molecule has 1 aromatic carbocycles. The molecule has 0 saturated heterocycles. The summed E-state index contributed by atoms with van der Waals surface area (Å²) in [5, 5.41) is 0. The SMILES string of the molecule is CCOC(=O)C1=C(N)OC2=C(C(=O)CCC2)[C@@]12C(=O)N1c3c(cc(C)cc32)C(C)(C)CC12CCCCCC2. The fourth-order valence-corrected chi connectivity index (χ4v) is 8.21. The number of Topliss-reactive ketones (excluding diaryl/α,β-unsaturated/α-hetero) is 1. The first-order valence-electron chi connectivity index (χ1n) is 14.2. The number of rotatable bonds is 2. The van der Waals surface area contributed by atoms with E-state index in [2.05, 4.69) is 19.9 Å². The molecule has 2 spiro atoms. The number of hydrogen-bond donors (Lipinski definition) is 1. The summed E-state index contributed by atoms with van der Waals surface area (Å²) >= 11 is 0. The van der Waals surface area contributed by atoms with E-state index >= 15 is 4.79 Å². The van der Waals surface area contributed by atoms with E-state index in [1.165, 1.54) is 0 Å². The number of benzene rings is 1. The lowest BCUT2D eigenvalue weighted by Gasteiger charge is -2.52. The predicted octanol–water partition coefficient (Wildman–Crippen LogP) is 5.12. The molecule has 1 amide bonds. The summed E-state index contributed by atoms with van der Waals surface area (Å²) in [6, 6.07) is 4.17. The first-order chi connectivity index (χ1) is 18.1. The molecule has 1 saturated carbocycles. The Labute approximate surface area is 224 Å². The van der Waals surface area contributed by atoms with Gasteiger partial charge in [0.15, 0.2) is 5.78 Å². The Balaban J connectivity index is 1.74. The number of anilines is 1. The molecule has 2 N–H and O–H groups in total. The average molecular weight is 519 g/mol. The van der Waals surface area contributed by atoms with E-state index in [9.17, 15) is 9.59 Å². The van der Waals surface area contributed by atoms with Crippen molar-refractivity contribution in [2.75, 3.05) is 11.5 Å². The minimum atomic E-state index is -1.66. The fourth-order valence-electron chi connectivity index (χ4n) is 8.21. The van der Waals surface area contributed by atoms with Gasteiger partial charge in [0.25, 0.3) is 0 Å². The summed E-state index contributed by atoms with van der Waals surface area (Å²) in [6.07, 6.45) is 8.43. The number of nitrogens with zero attached hydrogens (tertiary/aromatic N) is 1. The van der Waals surface area contributed by atoms with Gasteiger partial charge in [0, 0.05) is 23.9 Å². The monoisotopic (exact) mass is 518 g/mol. The Morgan fingerprint density at radius 1 is 1.05 bits per heavy atom. The third kappa shape index (κ3) is 3.16. The Hall–Kier alpha value is -3.09. The first-order valence-corrected chi connectivity index (χ1v) is 14.2. The van der Waals surface area contributed by atoms with Crippen LogP contribution in [0.4, 0.5) is 5.69 Å². The summed E-state index contributed by atoms with van der Waals surface area (Å²) in [5.41, 5.74) is 8.14. The van der Waals surface area contributed by atoms with Crippen LogP contribution in [-0.2, 0) is 34.7 Å². The Morgan fingerprint density at radius 2 is 1.74 bits per heavy atom. The van der Waals surface area contributed by atoms with E-state index in [0.717, 1.165) is 61.8 Å². The number of fused-ring (bicyclic) bond motifs is 3. The van der Waals surface area contributed by atoms with Gasteiger partial charge in [0.05, 0.1) is 17.9 Å². The molecule has 6 rings (SSSR count). The van der Waals surface area contributed by atoms with Crippen molar-refractivity contribution in [3.63, 3.8) is 0 Å². The summed E-state index contributed by atoms with van der Waals surface area (Å²) < 4.78 is 11.5. The van der Waals surface area contributed by atoms with Crippen molar-refractivity contribution in [3.05, 3.63) is 51.6 Å². The van der Waals surface area contributed by atoms with Gasteiger partial charge in [-0.15, -0.1) is 0 Å². The Morgan fingerprint density at radius 3 is 2.42 bits per heavy atom. The van der Waals surface area contributed by atoms with Gasteiger partial charge in [0.2, 0.25) is 11.8 Å². The minimum Gasteiger partial charge on any atom is -0.462 e. The van der Waals surface area contributed by atoms with Crippen LogP contribution in [0.5, 0.6) is 0 Å². The predicted molar refractivity (Wildman–Crippen MR) is 143 cm³/mol. The molecule has 7 nitrogen and oxygen atoms in total. The molecule has 0 radical (unpaired) electrons. The summed E-state index contributed by atoms with van der Waals surface area (Å²) in [7, 11) is 0. The molecular weight excluding hydrogens is 480 g/mol. The number of amides is 1. The highest BCUT2D eigenvalue weighted by Crippen LogP contribution is 2.64. The number of esters is 1. The largest absolute Gasteiger partial charge is 0.462 e. The molecule has 202 valence electrons. The number of ether oxygens (including phenoxy) is 2. The zero-order valence-corrected chi connectivity index (χ0v) is 23.0. The number of carbonyl (C=O) groups is 3. The van der Waals surface area contributed by atoms with Crippen molar-refractivity contribution in [3.8, 4) is 0 Å². The highest BCUT2D eigenvalue weighted by Gasteiger charge is 2.68. The van der Waals surface area contributed by atoms with Gasteiger partial charge in [-0.05, 0) is 50.5 Å². The maximum absolute atomic E-state index is 15.3. The van der Waals surface area contributed by atoms with Gasteiger partial charge in [-0.25, -0.2) is 4.79 Å². The van der Waals surface area contributed by atoms with Gasteiger partial charge in [-0.3, -0.25) is 9.59 Å². The van der Waals surface area contributed by atoms with Crippen molar-refractivity contribution in [1.29, 1.82) is 0 Å². The molecule has 1 fully saturated rings. The highest BCUT2D eigenvalue weighted by atomic mass is 16.5. The molecular formula is C31H38N2O5. The zero-order chi connectivity index (χ0) is 27.0. The van der Waals surface area contributed by atoms with Gasteiger partial charge >= 0.3 is 5.97 Å². The van der Waals surface area contributed by atoms with Crippen molar-refractivity contribution >= 4 is 23.3 Å². The Bertz CT molecular complexity index is 1330. The van der Waals surface area contributed by atoms with Gasteiger partial charge in [0.1, 0.15) is 16.7 Å². The smallest absolute Gasteiger partial charge is 0.341 e. The van der Waals surface area contributed by atoms with Crippen LogP contribution in [0.3, 0.4) is 0 Å². The van der Waals surface area contributed by atoms with E-state index in [-0.39, 0.29) is 46.3 Å². The second-order valence-electron chi connectivity index (χ2n) is 12.4. The van der Waals surface area contributed by atoms with Gasteiger partial charge in [-0.1, -0.05) is 57.2 Å². The molecule has 1 atom stereocenters. The maximum Gasteiger partial charge on any atom is 0.341 e. The number of aryl methyl sites for hydroxylation is 1. The molecule has 3 aliphatic heterocycles. The number of hydrogen-bond acceptors (Lipinski definition) is 6. The van der Waals surface area contributed by atoms with Crippen LogP contribution in [-0.4, -0.2) is 29.8 Å². The average Bonchev–Trinajstić information content (AvgIpc) is 2.97. The quantitative estimate of drug-likeness (QED) is 0.546. The van der Waals surface area contributed by atoms with E-state index in [1.807, 2.05) is 17.9 Å². The summed E-state index contributed by atoms with van der Waals surface area (Å²) in [4.78, 5) is 44.8. The summed E-state index contributed by atoms with van der Waals surface area (Å²) in [6.45, 7) is 8.37. The van der Waals surface area contributed by atoms with Crippen molar-refractivity contribution in [2.24, 2.45) is 5.73 Å². The molecule has 0 aromatic heterocycles. The second-order valence-corrected chi connectivity index (χ2v) is 12.4. The lowest BCUT2D eigenvalue weighted by molar-refractivity contribution is -0.141. The fraction of sp³-hybridized carbons (Fsp3) is 0.581. The molecule has 5 aliphatic rings. The normalized spacial score (nSPS) is 27.3. The van der Waals surface area contributed by atoms with E-state index in [1.54, 1.807) is 6.92 Å². The van der Waals surface area contributed by atoms with E-state index < -0.39 is 11.4 Å². The van der Waals surface area contributed by atoms with E-state index in [4.69, 9.17) is 15.2 Å². The van der Waals surface area contributed by atoms with Gasteiger partial charge < -0.3 is 20.1 Å². The number of nitrogens with two attached hydrogens (primary N) is 1. The lowest BCUT2D eigenvalue weighted by atomic mass is 9.63. The van der Waals surface area contributed by atoms with Crippen LogP contribution in [0.2, 0.25) is 0 Å². The molecule has 1 aromatic rings. The molecule has 38 heavy (non-hydrogen) atoms. The van der Waals surface area contributed by atoms with Crippen LogP contribution in [0.1, 0.15) is 102 Å². The number of allylic oxidation sites excluding steroid dienone is 1. The number of carbonyl (C=O) groups excluding carboxylic acids is 3. The molecule has 0 unspecified atom stereocenters. The highest BCUT2D eigenvalue weighted by molar-refractivity contribution is 6.24. The van der Waals surface area contributed by atoms with Gasteiger partial charge in [-0.2, -0.15) is 0 Å². The van der Waals surface area contributed by atoms with Crippen LogP contribution < -0.4 is 10.6 Å². The molecule has 7 heteroatoms. The van der Waals surface area contributed by atoms with E-state index in [0.29, 0.717) is 30.6 Å². The van der Waals surface area contributed by atoms with Crippen molar-refractivity contribution < 1.29 is 23.9 Å². The third-order valence-corrected chi connectivity index (χ3v) is 9.49. The van der Waals surface area contributed by atoms with Crippen LogP contribution >= 0.6 is 0 Å². The second kappa shape index (κ2) is 8.45. The maximum atomic E-state index is 15.3. The van der Waals surface area contributed by atoms with Crippen LogP contribution in [0.15, 0.2) is 34.9 Å². The molecule has 3 heterocycles.